The molecule has 25 nitrogen and oxygen atoms in total. The van der Waals surface area contributed by atoms with Crippen molar-refractivity contribution in [3.8, 4) is 0 Å². The van der Waals surface area contributed by atoms with Gasteiger partial charge in [-0.15, -0.1) is 0 Å². The van der Waals surface area contributed by atoms with E-state index in [-0.39, 0.29) is 157 Å². The first kappa shape index (κ1) is 64.7. The van der Waals surface area contributed by atoms with E-state index in [1.165, 1.54) is 28.8 Å². The molecule has 0 bridgehead atoms. The van der Waals surface area contributed by atoms with E-state index in [4.69, 9.17) is 0 Å². The van der Waals surface area contributed by atoms with Gasteiger partial charge in [0.2, 0.25) is 11.8 Å². The molecule has 27 heteroatoms. The number of nitrogens with one attached hydrogen (secondary N) is 2. The molecule has 0 aromatic carbocycles. The molecule has 1 saturated heterocycles. The fraction of sp³-hybridized carbons (Fsp3) is 0.758. The van der Waals surface area contributed by atoms with Crippen LogP contribution in [0.25, 0.3) is 0 Å². The van der Waals surface area contributed by atoms with Gasteiger partial charge in [0.15, 0.2) is 0 Å². The zero-order chi connectivity index (χ0) is 43.5. The molecule has 2 amide bonds. The molecule has 1 fully saturated rings. The Bertz CT molecular complexity index is 1230. The zero-order valence-electron chi connectivity index (χ0n) is 33.9. The van der Waals surface area contributed by atoms with Gasteiger partial charge in [0.05, 0.1) is 55.0 Å². The third-order valence-electron chi connectivity index (χ3n) is 8.33. The maximum Gasteiger partial charge on any atom is 3.00 e. The van der Waals surface area contributed by atoms with E-state index in [0.29, 0.717) is 45.8 Å². The van der Waals surface area contributed by atoms with Gasteiger partial charge in [0.25, 0.3) is 0 Å². The Kier molecular flexibility index (Phi) is 40.5. The van der Waals surface area contributed by atoms with Gasteiger partial charge in [0.1, 0.15) is 0 Å². The number of carboxylic acids is 6. The number of aliphatic hydroxyl groups excluding tert-OH is 1. The fourth-order valence-electron chi connectivity index (χ4n) is 5.53. The summed E-state index contributed by atoms with van der Waals surface area (Å²) < 4.78 is 0. The number of aliphatic hydroxyl groups is 1. The number of rotatable bonds is 24. The number of carbonyl (C=O) groups excluding carboxylic acids is 8. The van der Waals surface area contributed by atoms with Crippen LogP contribution in [0.1, 0.15) is 6.92 Å². The summed E-state index contributed by atoms with van der Waals surface area (Å²) in [5.74, 6) is -8.74. The van der Waals surface area contributed by atoms with Crippen LogP contribution in [0.2, 0.25) is 0 Å². The SMILES string of the molecule is CC(O)CN1CCN(CC(=O)[O-])CCN(CC(=O)[O-])CCN(CC(=O)[O-])CC1.CNC(=O)CN(CCN(CCN(CC(=O)[O-])CC(=O)NC)CC(=O)[O-])CC(=O)[O-].O.[Gd+3].[Gd+3]. The first-order valence-electron chi connectivity index (χ1n) is 18.1. The largest absolute Gasteiger partial charge is 3.00 e. The van der Waals surface area contributed by atoms with Crippen LogP contribution in [-0.2, 0) is 38.4 Å². The second-order valence-electron chi connectivity index (χ2n) is 13.3. The van der Waals surface area contributed by atoms with E-state index in [0.717, 1.165) is 0 Å². The predicted molar refractivity (Wildman–Crippen MR) is 189 cm³/mol. The Labute approximate surface area is 413 Å². The van der Waals surface area contributed by atoms with Crippen LogP contribution >= 0.6 is 0 Å². The van der Waals surface area contributed by atoms with Gasteiger partial charge in [-0.2, -0.15) is 0 Å². The van der Waals surface area contributed by atoms with Crippen molar-refractivity contribution in [3.05, 3.63) is 0 Å². The van der Waals surface area contributed by atoms with Crippen molar-refractivity contribution in [1.29, 1.82) is 0 Å². The Balaban J connectivity index is -0.000000498. The summed E-state index contributed by atoms with van der Waals surface area (Å²) in [6.45, 7) is 2.21. The molecule has 0 aromatic heterocycles. The monoisotopic (exact) mass is 1150 g/mol. The molecule has 0 saturated carbocycles. The number of hydrogen-bond acceptors (Lipinski definition) is 22. The minimum Gasteiger partial charge on any atom is -0.549 e. The number of likely N-dealkylation sites (N-methyl/N-ethyl adjacent to an activating group) is 2. The summed E-state index contributed by atoms with van der Waals surface area (Å²) in [6, 6.07) is 0. The normalized spacial score (nSPS) is 15.0. The van der Waals surface area contributed by atoms with Crippen molar-refractivity contribution >= 4 is 47.6 Å². The van der Waals surface area contributed by atoms with Gasteiger partial charge < -0.3 is 80.6 Å². The van der Waals surface area contributed by atoms with E-state index in [1.807, 2.05) is 4.90 Å². The van der Waals surface area contributed by atoms with E-state index in [9.17, 15) is 74.1 Å². The maximum absolute atomic E-state index is 11.5. The van der Waals surface area contributed by atoms with Crippen molar-refractivity contribution in [2.45, 2.75) is 13.0 Å². The molecule has 1 heterocycles. The molecule has 60 heavy (non-hydrogen) atoms. The molecule has 2 radical (unpaired) electrons. The molecule has 1 rings (SSSR count). The molecular weight excluding hydrogens is 1090 g/mol. The van der Waals surface area contributed by atoms with Crippen LogP contribution in [0, 0.1) is 79.9 Å². The van der Waals surface area contributed by atoms with Crippen molar-refractivity contribution in [2.75, 3.05) is 152 Å². The topological polar surface area (TPSA) is 373 Å². The average Bonchev–Trinajstić information content (AvgIpc) is 3.08. The van der Waals surface area contributed by atoms with E-state index < -0.39 is 73.4 Å². The molecular formula is C33H57Gd2N9O16. The van der Waals surface area contributed by atoms with E-state index in [2.05, 4.69) is 10.6 Å². The van der Waals surface area contributed by atoms with Crippen molar-refractivity contribution in [3.63, 3.8) is 0 Å². The minimum atomic E-state index is -1.40. The number of carbonyl (C=O) groups is 8. The summed E-state index contributed by atoms with van der Waals surface area (Å²) in [5.41, 5.74) is 0. The van der Waals surface area contributed by atoms with Gasteiger partial charge in [-0.1, -0.05) is 0 Å². The zero-order valence-corrected chi connectivity index (χ0v) is 38.5. The van der Waals surface area contributed by atoms with Crippen LogP contribution in [0.4, 0.5) is 0 Å². The molecule has 0 aromatic rings. The van der Waals surface area contributed by atoms with Gasteiger partial charge >= 0.3 is 79.9 Å². The summed E-state index contributed by atoms with van der Waals surface area (Å²) >= 11 is 0. The summed E-state index contributed by atoms with van der Waals surface area (Å²) in [7, 11) is 2.78. The molecule has 0 aliphatic carbocycles. The minimum absolute atomic E-state index is 0. The first-order valence-corrected chi connectivity index (χ1v) is 18.1. The van der Waals surface area contributed by atoms with Crippen LogP contribution in [0.5, 0.6) is 0 Å². The third-order valence-corrected chi connectivity index (χ3v) is 8.33. The van der Waals surface area contributed by atoms with Gasteiger partial charge in [-0.05, 0) is 6.92 Å². The molecule has 346 valence electrons. The summed E-state index contributed by atoms with van der Waals surface area (Å²) in [4.78, 5) is 99.4. The third kappa shape index (κ3) is 36.7. The summed E-state index contributed by atoms with van der Waals surface area (Å²) in [5, 5.41) is 80.1. The van der Waals surface area contributed by atoms with Gasteiger partial charge in [-0.25, -0.2) is 0 Å². The number of carboxylic acid groups (broad SMARTS) is 6. The van der Waals surface area contributed by atoms with Crippen LogP contribution in [0.3, 0.4) is 0 Å². The summed E-state index contributed by atoms with van der Waals surface area (Å²) in [6.07, 6.45) is -0.587. The average molecular weight is 1150 g/mol. The van der Waals surface area contributed by atoms with Crippen molar-refractivity contribution in [2.24, 2.45) is 0 Å². The van der Waals surface area contributed by atoms with Crippen LogP contribution in [-0.4, -0.2) is 250 Å². The molecule has 1 aliphatic rings. The molecule has 0 spiro atoms. The van der Waals surface area contributed by atoms with Crippen molar-refractivity contribution < 1.29 is 159 Å². The number of β-amino-alcohol motifs (C(OH)–C–C–N with tert-alkyl or cyclic N) is 1. The quantitative estimate of drug-likeness (QED) is 0.0808. The standard InChI is InChI=1S/C17H32N4O7.C16H29N5O8.2Gd.H2O/c1-14(22)10-18-2-4-19(11-15(23)24)6-8-21(13-17(27)28)9-7-20(5-3-18)12-16(25)26;1-17-12(22)7-20(10-15(26)27)5-3-19(9-14(24)25)4-6-21(11-16(28)29)8-13(23)18-2;;;/h14,22H,2-13H2,1H3,(H,23,24)(H,25,26)(H,27,28);3-11H2,1-2H3,(H,17,22)(H,18,23)(H,24,25)(H,26,27)(H,28,29);;;1H2/q;;2*+3;/p-6. The molecule has 5 N–H and O–H groups in total. The predicted octanol–water partition coefficient (Wildman–Crippen LogP) is -14.4. The Morgan fingerprint density at radius 1 is 0.483 bits per heavy atom. The fourth-order valence-corrected chi connectivity index (χ4v) is 5.53. The van der Waals surface area contributed by atoms with Gasteiger partial charge in [-0.3, -0.25) is 43.9 Å². The first-order chi connectivity index (χ1) is 26.7. The second-order valence-corrected chi connectivity index (χ2v) is 13.3. The Hall–Kier alpha value is -1.95. The van der Waals surface area contributed by atoms with Crippen molar-refractivity contribution in [1.82, 2.24) is 44.9 Å². The van der Waals surface area contributed by atoms with Crippen LogP contribution < -0.4 is 41.3 Å². The smallest absolute Gasteiger partial charge is 0.549 e. The Morgan fingerprint density at radius 2 is 0.733 bits per heavy atom. The number of amides is 2. The molecule has 1 unspecified atom stereocenters. The molecule has 1 atom stereocenters. The van der Waals surface area contributed by atoms with Gasteiger partial charge in [0, 0.05) is 138 Å². The Morgan fingerprint density at radius 3 is 0.967 bits per heavy atom. The molecule has 1 aliphatic heterocycles. The van der Waals surface area contributed by atoms with E-state index >= 15 is 0 Å². The number of nitrogens with zero attached hydrogens (tertiary/aromatic N) is 7. The van der Waals surface area contributed by atoms with E-state index in [1.54, 1.807) is 21.6 Å². The number of hydrogen-bond donors (Lipinski definition) is 3. The van der Waals surface area contributed by atoms with Crippen LogP contribution in [0.15, 0.2) is 0 Å². The second kappa shape index (κ2) is 37.6. The number of aliphatic carboxylic acids is 6. The maximum atomic E-state index is 11.5.